The fourth-order valence-corrected chi connectivity index (χ4v) is 14.2. The molecule has 4 aliphatic heterocycles. The van der Waals surface area contributed by atoms with E-state index in [1.54, 1.807) is 139 Å². The summed E-state index contributed by atoms with van der Waals surface area (Å²) in [6.45, 7) is 16.4. The summed E-state index contributed by atoms with van der Waals surface area (Å²) in [6.07, 6.45) is -0.0407. The largest absolute Gasteiger partial charge is 0.507 e. The van der Waals surface area contributed by atoms with Crippen LogP contribution in [0.3, 0.4) is 0 Å². The van der Waals surface area contributed by atoms with Crippen LogP contribution in [0.5, 0.6) is 11.5 Å². The van der Waals surface area contributed by atoms with Crippen LogP contribution < -0.4 is 22.1 Å². The second-order valence-electron chi connectivity index (χ2n) is 25.5. The molecule has 93 heavy (non-hydrogen) atoms. The number of phenols is 2. The van der Waals surface area contributed by atoms with E-state index in [4.69, 9.17) is 30.4 Å². The lowest BCUT2D eigenvalue weighted by molar-refractivity contribution is -0.181. The number of nitrogens with one attached hydrogen (secondary N) is 2. The normalized spacial score (nSPS) is 20.5. The summed E-state index contributed by atoms with van der Waals surface area (Å²) < 4.78 is 18.9. The summed E-state index contributed by atoms with van der Waals surface area (Å²) in [6, 6.07) is 29.4. The molecule has 0 aliphatic carbocycles. The van der Waals surface area contributed by atoms with Crippen LogP contribution in [0.25, 0.3) is 21.5 Å². The van der Waals surface area contributed by atoms with Crippen LogP contribution >= 0.6 is 23.5 Å². The van der Waals surface area contributed by atoms with Crippen LogP contribution in [0.4, 0.5) is 0 Å². The van der Waals surface area contributed by atoms with Gasteiger partial charge in [0.2, 0.25) is 37.2 Å². The van der Waals surface area contributed by atoms with Crippen molar-refractivity contribution in [2.75, 3.05) is 13.6 Å². The standard InChI is InChI=1S/C23H16O6.2C22H29N3O6S/c24-20-16(14-7-3-1-5-12(14)9-18(20)22(26)27)11-17-15-8-4-2-6-13(15)10-19(21(17)25)23(28)29;2*1-21(2,3)20(29)31-11-30-19(28)15-22(4,5)32-18-14(17(27)25(15)18)24-16(26)13(23)12-9-7-6-8-10-12/h1-10,24-25H,11H2,(H,26,27)(H,28,29);2*6-10,13-15,18H,11,23H2,1-5H3,(H,24,26)/t;2*13-,14-,15+,18-/m.11/s1. The molecule has 6 aromatic carbocycles. The Labute approximate surface area is 544 Å². The summed E-state index contributed by atoms with van der Waals surface area (Å²) >= 11 is 2.80. The van der Waals surface area contributed by atoms with Crippen LogP contribution in [0, 0.1) is 10.8 Å². The maximum Gasteiger partial charge on any atom is 0.339 e. The number of hydrogen-bond donors (Lipinski definition) is 8. The van der Waals surface area contributed by atoms with Crippen molar-refractivity contribution in [3.63, 3.8) is 0 Å². The minimum atomic E-state index is -1.28. The molecule has 0 aromatic heterocycles. The smallest absolute Gasteiger partial charge is 0.339 e. The number of nitrogens with two attached hydrogens (primary N) is 2. The quantitative estimate of drug-likeness (QED) is 0.0273. The number of aromatic carboxylic acids is 2. The number of hydrogen-bond acceptors (Lipinski definition) is 20. The zero-order valence-electron chi connectivity index (χ0n) is 52.7. The van der Waals surface area contributed by atoms with Gasteiger partial charge in [-0.15, -0.1) is 23.5 Å². The van der Waals surface area contributed by atoms with E-state index in [0.717, 1.165) is 0 Å². The van der Waals surface area contributed by atoms with E-state index < -0.39 is 140 Å². The number of fused-ring (bicyclic) bond motifs is 4. The molecule has 10 N–H and O–H groups in total. The fraction of sp³-hybridized carbons (Fsp3) is 0.373. The van der Waals surface area contributed by atoms with Gasteiger partial charge in [-0.25, -0.2) is 19.2 Å². The molecule has 0 bridgehead atoms. The molecule has 26 heteroatoms. The Balaban J connectivity index is 0.000000179. The van der Waals surface area contributed by atoms with Gasteiger partial charge in [-0.2, -0.15) is 0 Å². The van der Waals surface area contributed by atoms with Gasteiger partial charge >= 0.3 is 35.8 Å². The molecule has 6 aromatic rings. The van der Waals surface area contributed by atoms with Crippen molar-refractivity contribution in [3.05, 3.63) is 155 Å². The number of ether oxygens (including phenoxy) is 4. The molecule has 4 fully saturated rings. The Morgan fingerprint density at radius 3 is 1.17 bits per heavy atom. The highest BCUT2D eigenvalue weighted by atomic mass is 32.2. The number of amides is 4. The average Bonchev–Trinajstić information content (AvgIpc) is 1.58. The maximum absolute atomic E-state index is 12.8. The first-order chi connectivity index (χ1) is 43.6. The highest BCUT2D eigenvalue weighted by Gasteiger charge is 2.66. The topological polar surface area (TPSA) is 371 Å². The Hall–Kier alpha value is -9.24. The molecule has 0 unspecified atom stereocenters. The zero-order chi connectivity index (χ0) is 68.4. The lowest BCUT2D eigenvalue weighted by Crippen LogP contribution is -2.71. The molecule has 0 radical (unpaired) electrons. The number of carbonyl (C=O) groups excluding carboxylic acids is 8. The summed E-state index contributed by atoms with van der Waals surface area (Å²) in [7, 11) is 0. The average molecular weight is 1320 g/mol. The van der Waals surface area contributed by atoms with Gasteiger partial charge < -0.3 is 71.3 Å². The molecule has 0 spiro atoms. The lowest BCUT2D eigenvalue weighted by Gasteiger charge is -2.44. The highest BCUT2D eigenvalue weighted by Crippen LogP contribution is 2.52. The van der Waals surface area contributed by atoms with Gasteiger partial charge in [0.1, 0.15) is 69.6 Å². The summed E-state index contributed by atoms with van der Waals surface area (Å²) in [4.78, 5) is 126. The minimum Gasteiger partial charge on any atom is -0.507 e. The maximum atomic E-state index is 12.8. The number of β-lactam (4-membered cyclic amide) rings is 2. The SMILES string of the molecule is CC(C)(C)C(=O)OCOC(=O)[C@@H]1N2C(=O)[C@@H](NC(=O)[C@H](N)c3ccccc3)[C@H]2SC1(C)C.CC(C)(C)C(=O)OCOC(=O)[C@@H]1N2C(=O)[C@@H](NC(=O)[C@H](N)c3ccccc3)[C@H]2SC1(C)C.O=C(O)c1cc2ccccc2c(Cc2c(O)c(C(=O)O)cc3ccccc23)c1O. The van der Waals surface area contributed by atoms with Gasteiger partial charge in [-0.05, 0) is 114 Å². The molecule has 4 aliphatic rings. The third-order valence-electron chi connectivity index (χ3n) is 15.9. The molecule has 4 amide bonds. The van der Waals surface area contributed by atoms with Crippen molar-refractivity contribution in [2.24, 2.45) is 22.3 Å². The van der Waals surface area contributed by atoms with Gasteiger partial charge in [-0.3, -0.25) is 28.8 Å². The zero-order valence-corrected chi connectivity index (χ0v) is 54.3. The lowest BCUT2D eigenvalue weighted by atomic mass is 9.90. The predicted octanol–water partition coefficient (Wildman–Crippen LogP) is 7.04. The van der Waals surface area contributed by atoms with Gasteiger partial charge in [0.15, 0.2) is 0 Å². The van der Waals surface area contributed by atoms with E-state index >= 15 is 0 Å². The van der Waals surface area contributed by atoms with Gasteiger partial charge in [0, 0.05) is 27.0 Å². The van der Waals surface area contributed by atoms with E-state index in [1.807, 2.05) is 39.8 Å². The van der Waals surface area contributed by atoms with E-state index in [1.165, 1.54) is 45.5 Å². The van der Waals surface area contributed by atoms with E-state index in [9.17, 15) is 68.4 Å². The van der Waals surface area contributed by atoms with Crippen molar-refractivity contribution < 1.29 is 87.3 Å². The Kier molecular flexibility index (Phi) is 20.6. The van der Waals surface area contributed by atoms with Crippen molar-refractivity contribution >= 4 is 105 Å². The molecule has 8 atom stereocenters. The van der Waals surface area contributed by atoms with Crippen molar-refractivity contribution in [3.8, 4) is 11.5 Å². The van der Waals surface area contributed by atoms with Crippen molar-refractivity contribution in [2.45, 2.75) is 132 Å². The Bertz CT molecular complexity index is 3680. The van der Waals surface area contributed by atoms with Crippen LogP contribution in [0.15, 0.2) is 121 Å². The number of benzene rings is 6. The number of carboxylic acids is 2. The summed E-state index contributed by atoms with van der Waals surface area (Å²) in [5.41, 5.74) is 12.0. The van der Waals surface area contributed by atoms with E-state index in [2.05, 4.69) is 10.6 Å². The number of esters is 4. The van der Waals surface area contributed by atoms with E-state index in [-0.39, 0.29) is 29.4 Å². The van der Waals surface area contributed by atoms with Crippen molar-refractivity contribution in [1.82, 2.24) is 20.4 Å². The van der Waals surface area contributed by atoms with Gasteiger partial charge in [-0.1, -0.05) is 109 Å². The predicted molar refractivity (Wildman–Crippen MR) is 344 cm³/mol. The molecule has 4 saturated heterocycles. The van der Waals surface area contributed by atoms with Crippen molar-refractivity contribution in [1.29, 1.82) is 0 Å². The highest BCUT2D eigenvalue weighted by molar-refractivity contribution is 8.02. The van der Waals surface area contributed by atoms with Gasteiger partial charge in [0.05, 0.1) is 10.8 Å². The molecular weight excluding hydrogens is 1240 g/mol. The first-order valence-electron chi connectivity index (χ1n) is 29.4. The number of aromatic hydroxyl groups is 2. The second kappa shape index (κ2) is 27.5. The number of carboxylic acid groups (broad SMARTS) is 2. The number of thioether (sulfide) groups is 2. The second-order valence-corrected chi connectivity index (χ2v) is 29.1. The first kappa shape index (κ1) is 69.6. The Morgan fingerprint density at radius 1 is 0.527 bits per heavy atom. The molecule has 0 saturated carbocycles. The van der Waals surface area contributed by atoms with Gasteiger partial charge in [0.25, 0.3) is 0 Å². The third-order valence-corrected chi connectivity index (χ3v) is 19.0. The number of rotatable bonds is 16. The molecule has 492 valence electrons. The Morgan fingerprint density at radius 2 is 0.849 bits per heavy atom. The molecule has 24 nitrogen and oxygen atoms in total. The molecular formula is C67H74N6O18S2. The van der Waals surface area contributed by atoms with Crippen LogP contribution in [-0.2, 0) is 63.7 Å². The van der Waals surface area contributed by atoms with Crippen LogP contribution in [-0.4, -0.2) is 148 Å². The number of nitrogens with zero attached hydrogens (tertiary/aromatic N) is 2. The first-order valence-corrected chi connectivity index (χ1v) is 31.2. The fourth-order valence-electron chi connectivity index (χ4n) is 10.9. The monoisotopic (exact) mass is 1310 g/mol. The summed E-state index contributed by atoms with van der Waals surface area (Å²) in [5, 5.41) is 47.4. The number of carbonyl (C=O) groups is 10. The molecule has 4 heterocycles. The summed E-state index contributed by atoms with van der Waals surface area (Å²) in [5.74, 6) is -7.36. The third kappa shape index (κ3) is 14.8. The van der Waals surface area contributed by atoms with E-state index in [0.29, 0.717) is 43.8 Å². The van der Waals surface area contributed by atoms with Crippen LogP contribution in [0.1, 0.15) is 124 Å². The molecule has 10 rings (SSSR count). The minimum absolute atomic E-state index is 0.0407. The van der Waals surface area contributed by atoms with Crippen LogP contribution in [0.2, 0.25) is 0 Å².